The van der Waals surface area contributed by atoms with Crippen molar-refractivity contribution in [2.75, 3.05) is 0 Å². The van der Waals surface area contributed by atoms with Crippen molar-refractivity contribution in [2.24, 2.45) is 5.73 Å². The Kier molecular flexibility index (Phi) is 7.64. The number of hydrogen-bond acceptors (Lipinski definition) is 2. The summed E-state index contributed by atoms with van der Waals surface area (Å²) in [7, 11) is 0. The fraction of sp³-hybridized carbons (Fsp3) is 0.500. The van der Waals surface area contributed by atoms with Gasteiger partial charge in [0.15, 0.2) is 0 Å². The van der Waals surface area contributed by atoms with Gasteiger partial charge in [0.2, 0.25) is 0 Å². The van der Waals surface area contributed by atoms with E-state index in [0.29, 0.717) is 12.3 Å². The number of carboxylic acids is 1. The van der Waals surface area contributed by atoms with Gasteiger partial charge in [0.25, 0.3) is 0 Å². The molecule has 0 spiro atoms. The van der Waals surface area contributed by atoms with E-state index in [1.807, 2.05) is 12.1 Å². The second kappa shape index (κ2) is 8.11. The van der Waals surface area contributed by atoms with E-state index in [2.05, 4.69) is 26.0 Å². The molecule has 0 saturated carbocycles. The zero-order valence-electron chi connectivity index (χ0n) is 10.9. The number of nitrogens with two attached hydrogens (primary N) is 1. The van der Waals surface area contributed by atoms with Gasteiger partial charge in [0.1, 0.15) is 6.04 Å². The normalized spacial score (nSPS) is 12.0. The number of benzene rings is 1. The molecule has 1 rings (SSSR count). The Hall–Kier alpha value is -1.06. The predicted octanol–water partition coefficient (Wildman–Crippen LogP) is 2.97. The maximum atomic E-state index is 10.7. The summed E-state index contributed by atoms with van der Waals surface area (Å²) in [5.41, 5.74) is 7.83. The number of hydrogen-bond donors (Lipinski definition) is 2. The summed E-state index contributed by atoms with van der Waals surface area (Å²) in [6.07, 6.45) is 2.60. The summed E-state index contributed by atoms with van der Waals surface area (Å²) >= 11 is 0. The zero-order chi connectivity index (χ0) is 12.8. The molecule has 102 valence electrons. The average Bonchev–Trinajstić information content (AvgIpc) is 2.31. The molecule has 1 aromatic carbocycles. The molecule has 0 radical (unpaired) electrons. The van der Waals surface area contributed by atoms with Crippen LogP contribution in [0, 0.1) is 0 Å². The summed E-state index contributed by atoms with van der Waals surface area (Å²) in [6, 6.07) is 7.30. The van der Waals surface area contributed by atoms with Crippen LogP contribution in [0.2, 0.25) is 0 Å². The molecule has 3 N–H and O–H groups in total. The Labute approximate surface area is 115 Å². The van der Waals surface area contributed by atoms with Crippen LogP contribution < -0.4 is 5.73 Å². The number of halogens is 1. The third-order valence-corrected chi connectivity index (χ3v) is 3.18. The lowest BCUT2D eigenvalue weighted by Crippen LogP contribution is -2.32. The van der Waals surface area contributed by atoms with Crippen LogP contribution in [0.5, 0.6) is 0 Å². The van der Waals surface area contributed by atoms with Crippen LogP contribution in [0.1, 0.15) is 43.7 Å². The molecule has 0 aliphatic carbocycles. The second-order valence-corrected chi connectivity index (χ2v) is 4.41. The lowest BCUT2D eigenvalue weighted by molar-refractivity contribution is -0.138. The summed E-state index contributed by atoms with van der Waals surface area (Å²) in [5, 5.41) is 8.79. The van der Waals surface area contributed by atoms with E-state index in [4.69, 9.17) is 10.8 Å². The van der Waals surface area contributed by atoms with Crippen molar-refractivity contribution >= 4 is 18.4 Å². The molecular formula is C14H22ClNO2. The largest absolute Gasteiger partial charge is 0.480 e. The van der Waals surface area contributed by atoms with Gasteiger partial charge in [-0.25, -0.2) is 0 Å². The zero-order valence-corrected chi connectivity index (χ0v) is 11.7. The van der Waals surface area contributed by atoms with Crippen molar-refractivity contribution in [3.63, 3.8) is 0 Å². The van der Waals surface area contributed by atoms with E-state index in [1.165, 1.54) is 5.56 Å². The van der Waals surface area contributed by atoms with Crippen LogP contribution >= 0.6 is 12.4 Å². The Morgan fingerprint density at radius 3 is 2.44 bits per heavy atom. The minimum absolute atomic E-state index is 0. The summed E-state index contributed by atoms with van der Waals surface area (Å²) in [4.78, 5) is 10.7. The van der Waals surface area contributed by atoms with E-state index in [9.17, 15) is 4.79 Å². The molecule has 0 bridgehead atoms. The number of aliphatic carboxylic acids is 1. The Morgan fingerprint density at radius 2 is 1.94 bits per heavy atom. The van der Waals surface area contributed by atoms with Crippen LogP contribution in [0.4, 0.5) is 0 Å². The SMILES string of the molecule is CCC(CC)c1cccc(C[C@H](N)C(=O)O)c1.Cl. The van der Waals surface area contributed by atoms with Gasteiger partial charge in [0.05, 0.1) is 0 Å². The smallest absolute Gasteiger partial charge is 0.320 e. The summed E-state index contributed by atoms with van der Waals surface area (Å²) in [6.45, 7) is 4.34. The standard InChI is InChI=1S/C14H21NO2.ClH/c1-3-11(4-2)12-7-5-6-10(8-12)9-13(15)14(16)17;/h5-8,11,13H,3-4,9,15H2,1-2H3,(H,16,17);1H/t13-;/m0./s1. The van der Waals surface area contributed by atoms with E-state index in [1.54, 1.807) is 0 Å². The van der Waals surface area contributed by atoms with Gasteiger partial charge >= 0.3 is 5.97 Å². The van der Waals surface area contributed by atoms with E-state index < -0.39 is 12.0 Å². The topological polar surface area (TPSA) is 63.3 Å². The quantitative estimate of drug-likeness (QED) is 0.836. The summed E-state index contributed by atoms with van der Waals surface area (Å²) in [5.74, 6) is -0.395. The first kappa shape index (κ1) is 16.9. The van der Waals surface area contributed by atoms with Crippen LogP contribution in [0.25, 0.3) is 0 Å². The van der Waals surface area contributed by atoms with Gasteiger partial charge in [0, 0.05) is 0 Å². The molecule has 18 heavy (non-hydrogen) atoms. The van der Waals surface area contributed by atoms with Gasteiger partial charge in [-0.15, -0.1) is 12.4 Å². The Bertz CT molecular complexity index is 378. The van der Waals surface area contributed by atoms with Gasteiger partial charge < -0.3 is 10.8 Å². The van der Waals surface area contributed by atoms with Crippen molar-refractivity contribution in [3.8, 4) is 0 Å². The lowest BCUT2D eigenvalue weighted by atomic mass is 9.92. The monoisotopic (exact) mass is 271 g/mol. The first-order chi connectivity index (χ1) is 8.08. The molecule has 0 aliphatic heterocycles. The molecule has 0 heterocycles. The maximum absolute atomic E-state index is 10.7. The van der Waals surface area contributed by atoms with E-state index >= 15 is 0 Å². The number of rotatable bonds is 6. The molecule has 0 aliphatic rings. The fourth-order valence-corrected chi connectivity index (χ4v) is 2.08. The number of carbonyl (C=O) groups is 1. The minimum atomic E-state index is -0.946. The first-order valence-corrected chi connectivity index (χ1v) is 6.15. The third kappa shape index (κ3) is 4.67. The lowest BCUT2D eigenvalue weighted by Gasteiger charge is -2.14. The van der Waals surface area contributed by atoms with Crippen molar-refractivity contribution in [1.82, 2.24) is 0 Å². The molecule has 4 heteroatoms. The second-order valence-electron chi connectivity index (χ2n) is 4.41. The molecule has 0 fully saturated rings. The van der Waals surface area contributed by atoms with E-state index in [-0.39, 0.29) is 12.4 Å². The molecule has 3 nitrogen and oxygen atoms in total. The van der Waals surface area contributed by atoms with Gasteiger partial charge in [-0.1, -0.05) is 38.1 Å². The molecular weight excluding hydrogens is 250 g/mol. The van der Waals surface area contributed by atoms with Crippen molar-refractivity contribution in [3.05, 3.63) is 35.4 Å². The molecule has 0 saturated heterocycles. The number of carboxylic acid groups (broad SMARTS) is 1. The van der Waals surface area contributed by atoms with E-state index in [0.717, 1.165) is 18.4 Å². The Morgan fingerprint density at radius 1 is 1.33 bits per heavy atom. The maximum Gasteiger partial charge on any atom is 0.320 e. The Balaban J connectivity index is 0.00000289. The van der Waals surface area contributed by atoms with Crippen molar-refractivity contribution < 1.29 is 9.90 Å². The predicted molar refractivity (Wildman–Crippen MR) is 76.3 cm³/mol. The van der Waals surface area contributed by atoms with Crippen LogP contribution in [0.3, 0.4) is 0 Å². The van der Waals surface area contributed by atoms with Crippen molar-refractivity contribution in [1.29, 1.82) is 0 Å². The van der Waals surface area contributed by atoms with Gasteiger partial charge in [-0.2, -0.15) is 0 Å². The fourth-order valence-electron chi connectivity index (χ4n) is 2.08. The minimum Gasteiger partial charge on any atom is -0.480 e. The molecule has 0 aromatic heterocycles. The van der Waals surface area contributed by atoms with Crippen LogP contribution in [0.15, 0.2) is 24.3 Å². The average molecular weight is 272 g/mol. The molecule has 1 atom stereocenters. The third-order valence-electron chi connectivity index (χ3n) is 3.18. The highest BCUT2D eigenvalue weighted by Gasteiger charge is 2.13. The summed E-state index contributed by atoms with van der Waals surface area (Å²) < 4.78 is 0. The van der Waals surface area contributed by atoms with Crippen LogP contribution in [-0.2, 0) is 11.2 Å². The highest BCUT2D eigenvalue weighted by atomic mass is 35.5. The first-order valence-electron chi connectivity index (χ1n) is 6.15. The highest BCUT2D eigenvalue weighted by Crippen LogP contribution is 2.23. The molecule has 0 amide bonds. The molecule has 1 aromatic rings. The van der Waals surface area contributed by atoms with Gasteiger partial charge in [-0.3, -0.25) is 4.79 Å². The van der Waals surface area contributed by atoms with Crippen LogP contribution in [-0.4, -0.2) is 17.1 Å². The van der Waals surface area contributed by atoms with Gasteiger partial charge in [-0.05, 0) is 36.3 Å². The highest BCUT2D eigenvalue weighted by molar-refractivity contribution is 5.85. The molecule has 0 unspecified atom stereocenters. The van der Waals surface area contributed by atoms with Crippen molar-refractivity contribution in [2.45, 2.75) is 45.1 Å².